The quantitative estimate of drug-likeness (QED) is 0.584. The van der Waals surface area contributed by atoms with Crippen LogP contribution in [0.2, 0.25) is 0 Å². The molecule has 1 N–H and O–H groups in total. The van der Waals surface area contributed by atoms with Gasteiger partial charge in [0.1, 0.15) is 5.75 Å². The van der Waals surface area contributed by atoms with Crippen molar-refractivity contribution in [3.63, 3.8) is 0 Å². The lowest BCUT2D eigenvalue weighted by Crippen LogP contribution is -2.22. The molecular formula is C15H26N4O. The van der Waals surface area contributed by atoms with Gasteiger partial charge < -0.3 is 10.1 Å². The predicted octanol–water partition coefficient (Wildman–Crippen LogP) is 3.59. The summed E-state index contributed by atoms with van der Waals surface area (Å²) in [4.78, 5) is 0. The summed E-state index contributed by atoms with van der Waals surface area (Å²) in [5.74, 6) is 0.866. The van der Waals surface area contributed by atoms with E-state index in [4.69, 9.17) is 4.74 Å². The molecule has 1 rings (SSSR count). The van der Waals surface area contributed by atoms with Gasteiger partial charge in [0.05, 0.1) is 13.2 Å². The van der Waals surface area contributed by atoms with Gasteiger partial charge in [-0.15, -0.1) is 0 Å². The first kappa shape index (κ1) is 16.3. The average molecular weight is 278 g/mol. The van der Waals surface area contributed by atoms with E-state index in [2.05, 4.69) is 22.6 Å². The third-order valence-electron chi connectivity index (χ3n) is 2.80. The zero-order valence-electron chi connectivity index (χ0n) is 13.1. The van der Waals surface area contributed by atoms with Crippen molar-refractivity contribution in [1.29, 1.82) is 0 Å². The Kier molecular flexibility index (Phi) is 6.84. The van der Waals surface area contributed by atoms with Crippen molar-refractivity contribution in [1.82, 2.24) is 5.01 Å². The van der Waals surface area contributed by atoms with Crippen molar-refractivity contribution in [3.05, 3.63) is 24.3 Å². The molecule has 0 amide bonds. The molecule has 0 aromatic heterocycles. The predicted molar refractivity (Wildman–Crippen MR) is 83.3 cm³/mol. The van der Waals surface area contributed by atoms with E-state index >= 15 is 0 Å². The highest BCUT2D eigenvalue weighted by atomic mass is 16.5. The zero-order valence-corrected chi connectivity index (χ0v) is 13.1. The van der Waals surface area contributed by atoms with Gasteiger partial charge in [0.15, 0.2) is 0 Å². The van der Waals surface area contributed by atoms with Crippen LogP contribution in [-0.2, 0) is 0 Å². The first-order chi connectivity index (χ1) is 9.51. The van der Waals surface area contributed by atoms with Crippen molar-refractivity contribution in [2.45, 2.75) is 39.3 Å². The van der Waals surface area contributed by atoms with Crippen molar-refractivity contribution in [2.24, 2.45) is 10.3 Å². The maximum Gasteiger partial charge on any atom is 0.120 e. The number of ether oxygens (including phenoxy) is 1. The van der Waals surface area contributed by atoms with E-state index in [0.717, 1.165) is 24.4 Å². The smallest absolute Gasteiger partial charge is 0.120 e. The van der Waals surface area contributed by atoms with Crippen molar-refractivity contribution in [2.75, 3.05) is 26.0 Å². The van der Waals surface area contributed by atoms with E-state index in [1.807, 2.05) is 50.2 Å². The Hall–Kier alpha value is -1.78. The molecule has 5 heteroatoms. The van der Waals surface area contributed by atoms with Crippen LogP contribution in [0.25, 0.3) is 0 Å². The molecule has 1 aromatic carbocycles. The highest BCUT2D eigenvalue weighted by Gasteiger charge is 2.04. The molecule has 5 nitrogen and oxygen atoms in total. The molecule has 0 heterocycles. The van der Waals surface area contributed by atoms with Crippen LogP contribution in [0.5, 0.6) is 5.75 Å². The molecule has 0 spiro atoms. The lowest BCUT2D eigenvalue weighted by molar-refractivity contribution is 0.311. The van der Waals surface area contributed by atoms with Gasteiger partial charge in [0.25, 0.3) is 0 Å². The second kappa shape index (κ2) is 8.40. The number of benzene rings is 1. The molecule has 0 aliphatic rings. The number of hydrogen-bond donors (Lipinski definition) is 1. The Morgan fingerprint density at radius 2 is 2.05 bits per heavy atom. The lowest BCUT2D eigenvalue weighted by atomic mass is 10.2. The van der Waals surface area contributed by atoms with Crippen LogP contribution in [0, 0.1) is 0 Å². The van der Waals surface area contributed by atoms with Gasteiger partial charge in [-0.25, -0.2) is 0 Å². The summed E-state index contributed by atoms with van der Waals surface area (Å²) < 4.78 is 5.21. The van der Waals surface area contributed by atoms with Gasteiger partial charge in [-0.05, 0) is 39.3 Å². The standard InChI is InChI=1S/C15H26N4O/c1-12(2)17-18-19(4)10-9-13(3)16-14-7-6-8-15(11-14)20-5/h6-8,11-13,16H,9-10H2,1-5H3/b18-17-. The van der Waals surface area contributed by atoms with Gasteiger partial charge in [-0.1, -0.05) is 11.3 Å². The van der Waals surface area contributed by atoms with Gasteiger partial charge >= 0.3 is 0 Å². The second-order valence-corrected chi connectivity index (χ2v) is 5.25. The number of hydrogen-bond acceptors (Lipinski definition) is 4. The first-order valence-corrected chi connectivity index (χ1v) is 7.03. The molecule has 1 unspecified atom stereocenters. The van der Waals surface area contributed by atoms with E-state index in [1.54, 1.807) is 7.11 Å². The maximum atomic E-state index is 5.21. The van der Waals surface area contributed by atoms with Crippen LogP contribution < -0.4 is 10.1 Å². The third-order valence-corrected chi connectivity index (χ3v) is 2.80. The summed E-state index contributed by atoms with van der Waals surface area (Å²) in [6.07, 6.45) is 0.991. The number of methoxy groups -OCH3 is 1. The summed E-state index contributed by atoms with van der Waals surface area (Å²) >= 11 is 0. The highest BCUT2D eigenvalue weighted by Crippen LogP contribution is 2.18. The fourth-order valence-electron chi connectivity index (χ4n) is 1.69. The Balaban J connectivity index is 2.37. The van der Waals surface area contributed by atoms with Crippen LogP contribution in [0.3, 0.4) is 0 Å². The van der Waals surface area contributed by atoms with Crippen LogP contribution in [-0.4, -0.2) is 37.8 Å². The summed E-state index contributed by atoms with van der Waals surface area (Å²) in [6, 6.07) is 8.57. The molecule has 0 radical (unpaired) electrons. The van der Waals surface area contributed by atoms with Gasteiger partial charge in [0, 0.05) is 31.4 Å². The molecule has 0 aliphatic carbocycles. The zero-order chi connectivity index (χ0) is 15.0. The monoisotopic (exact) mass is 278 g/mol. The van der Waals surface area contributed by atoms with E-state index in [1.165, 1.54) is 0 Å². The van der Waals surface area contributed by atoms with E-state index < -0.39 is 0 Å². The van der Waals surface area contributed by atoms with Gasteiger partial charge in [0.2, 0.25) is 0 Å². The topological polar surface area (TPSA) is 49.2 Å². The van der Waals surface area contributed by atoms with Crippen molar-refractivity contribution >= 4 is 5.69 Å². The SMILES string of the molecule is COc1cccc(NC(C)CCN(C)/N=N\C(C)C)c1. The van der Waals surface area contributed by atoms with Crippen molar-refractivity contribution in [3.8, 4) is 5.75 Å². The molecule has 1 atom stereocenters. The largest absolute Gasteiger partial charge is 0.497 e. The Bertz CT molecular complexity index is 420. The molecule has 20 heavy (non-hydrogen) atoms. The molecule has 0 saturated heterocycles. The fraction of sp³-hybridized carbons (Fsp3) is 0.600. The molecule has 0 aliphatic heterocycles. The molecule has 0 fully saturated rings. The van der Waals surface area contributed by atoms with E-state index in [9.17, 15) is 0 Å². The molecule has 0 bridgehead atoms. The minimum Gasteiger partial charge on any atom is -0.497 e. The maximum absolute atomic E-state index is 5.21. The van der Waals surface area contributed by atoms with E-state index in [-0.39, 0.29) is 6.04 Å². The van der Waals surface area contributed by atoms with Crippen molar-refractivity contribution < 1.29 is 4.74 Å². The summed E-state index contributed by atoms with van der Waals surface area (Å²) in [5, 5.41) is 13.6. The summed E-state index contributed by atoms with van der Waals surface area (Å²) in [6.45, 7) is 7.07. The number of nitrogens with zero attached hydrogens (tertiary/aromatic N) is 3. The second-order valence-electron chi connectivity index (χ2n) is 5.25. The van der Waals surface area contributed by atoms with Crippen LogP contribution >= 0.6 is 0 Å². The normalized spacial score (nSPS) is 12.7. The molecule has 1 aromatic rings. The first-order valence-electron chi connectivity index (χ1n) is 7.03. The minimum atomic E-state index is 0.241. The van der Waals surface area contributed by atoms with Gasteiger partial charge in [-0.2, -0.15) is 5.11 Å². The molecule has 0 saturated carbocycles. The Morgan fingerprint density at radius 3 is 2.70 bits per heavy atom. The highest BCUT2D eigenvalue weighted by molar-refractivity contribution is 5.48. The van der Waals surface area contributed by atoms with Crippen LogP contribution in [0.1, 0.15) is 27.2 Å². The van der Waals surface area contributed by atoms with E-state index in [0.29, 0.717) is 6.04 Å². The minimum absolute atomic E-state index is 0.241. The number of rotatable bonds is 8. The fourth-order valence-corrected chi connectivity index (χ4v) is 1.69. The summed E-state index contributed by atoms with van der Waals surface area (Å²) in [7, 11) is 3.63. The van der Waals surface area contributed by atoms with Gasteiger partial charge in [-0.3, -0.25) is 5.01 Å². The molecule has 112 valence electrons. The number of anilines is 1. The van der Waals surface area contributed by atoms with Crippen LogP contribution in [0.4, 0.5) is 5.69 Å². The average Bonchev–Trinajstić information content (AvgIpc) is 2.43. The number of nitrogens with one attached hydrogen (secondary N) is 1. The van der Waals surface area contributed by atoms with Crippen LogP contribution in [0.15, 0.2) is 34.6 Å². The Morgan fingerprint density at radius 1 is 1.30 bits per heavy atom. The Labute approximate surface area is 122 Å². The molecular weight excluding hydrogens is 252 g/mol. The lowest BCUT2D eigenvalue weighted by Gasteiger charge is -2.18. The third kappa shape index (κ3) is 6.41. The summed E-state index contributed by atoms with van der Waals surface area (Å²) in [5.41, 5.74) is 1.07.